The fourth-order valence-corrected chi connectivity index (χ4v) is 1.19. The van der Waals surface area contributed by atoms with E-state index < -0.39 is 0 Å². The van der Waals surface area contributed by atoms with Crippen molar-refractivity contribution in [3.8, 4) is 0 Å². The van der Waals surface area contributed by atoms with Crippen LogP contribution < -0.4 is 5.32 Å². The van der Waals surface area contributed by atoms with Gasteiger partial charge in [0.1, 0.15) is 0 Å². The SMILES string of the molecule is CCC(NC)c1cccnc1. The van der Waals surface area contributed by atoms with Crippen LogP contribution in [-0.4, -0.2) is 12.0 Å². The van der Waals surface area contributed by atoms with Crippen molar-refractivity contribution in [1.82, 2.24) is 10.3 Å². The topological polar surface area (TPSA) is 24.9 Å². The number of hydrogen-bond acceptors (Lipinski definition) is 2. The smallest absolute Gasteiger partial charge is 0.0330 e. The van der Waals surface area contributed by atoms with Crippen molar-refractivity contribution in [3.05, 3.63) is 30.1 Å². The van der Waals surface area contributed by atoms with E-state index >= 15 is 0 Å². The van der Waals surface area contributed by atoms with Crippen LogP contribution in [0.1, 0.15) is 24.9 Å². The highest BCUT2D eigenvalue weighted by Crippen LogP contribution is 2.13. The number of nitrogens with one attached hydrogen (secondary N) is 1. The van der Waals surface area contributed by atoms with Crippen LogP contribution in [0.2, 0.25) is 0 Å². The standard InChI is InChI=1S/C9H14N2/c1-3-9(10-2)8-5-4-6-11-7-8/h4-7,9-10H,3H2,1-2H3. The van der Waals surface area contributed by atoms with Gasteiger partial charge in [-0.05, 0) is 25.1 Å². The van der Waals surface area contributed by atoms with Gasteiger partial charge < -0.3 is 5.32 Å². The van der Waals surface area contributed by atoms with E-state index in [1.54, 1.807) is 6.20 Å². The second-order valence-electron chi connectivity index (χ2n) is 2.54. The highest BCUT2D eigenvalue weighted by atomic mass is 14.9. The highest BCUT2D eigenvalue weighted by molar-refractivity contribution is 5.13. The van der Waals surface area contributed by atoms with Crippen molar-refractivity contribution >= 4 is 0 Å². The molecule has 0 aliphatic heterocycles. The molecule has 0 aliphatic carbocycles. The maximum absolute atomic E-state index is 4.06. The molecule has 11 heavy (non-hydrogen) atoms. The second kappa shape index (κ2) is 4.09. The van der Waals surface area contributed by atoms with E-state index in [1.165, 1.54) is 5.56 Å². The lowest BCUT2D eigenvalue weighted by Gasteiger charge is -2.12. The van der Waals surface area contributed by atoms with Gasteiger partial charge in [-0.3, -0.25) is 4.98 Å². The highest BCUT2D eigenvalue weighted by Gasteiger charge is 2.03. The van der Waals surface area contributed by atoms with Crippen LogP contribution in [-0.2, 0) is 0 Å². The van der Waals surface area contributed by atoms with E-state index in [2.05, 4.69) is 23.3 Å². The Morgan fingerprint density at radius 1 is 1.64 bits per heavy atom. The zero-order valence-electron chi connectivity index (χ0n) is 7.04. The van der Waals surface area contributed by atoms with Crippen LogP contribution in [0.25, 0.3) is 0 Å². The minimum absolute atomic E-state index is 0.448. The molecule has 1 unspecified atom stereocenters. The van der Waals surface area contributed by atoms with E-state index in [9.17, 15) is 0 Å². The van der Waals surface area contributed by atoms with Crippen molar-refractivity contribution in [2.24, 2.45) is 0 Å². The van der Waals surface area contributed by atoms with Crippen LogP contribution in [0, 0.1) is 0 Å². The molecule has 0 radical (unpaired) electrons. The second-order valence-corrected chi connectivity index (χ2v) is 2.54. The van der Waals surface area contributed by atoms with Crippen molar-refractivity contribution in [1.29, 1.82) is 0 Å². The van der Waals surface area contributed by atoms with Crippen molar-refractivity contribution in [2.45, 2.75) is 19.4 Å². The van der Waals surface area contributed by atoms with Gasteiger partial charge in [0.2, 0.25) is 0 Å². The van der Waals surface area contributed by atoms with E-state index in [0.29, 0.717) is 6.04 Å². The molecule has 1 atom stereocenters. The average molecular weight is 150 g/mol. The zero-order valence-corrected chi connectivity index (χ0v) is 7.04. The molecule has 0 saturated carbocycles. The molecular formula is C9H14N2. The first-order valence-electron chi connectivity index (χ1n) is 3.95. The Hall–Kier alpha value is -0.890. The predicted octanol–water partition coefficient (Wildman–Crippen LogP) is 1.75. The van der Waals surface area contributed by atoms with E-state index in [0.717, 1.165) is 6.42 Å². The molecule has 0 aromatic carbocycles. The number of rotatable bonds is 3. The summed E-state index contributed by atoms with van der Waals surface area (Å²) in [5.74, 6) is 0. The third kappa shape index (κ3) is 2.02. The van der Waals surface area contributed by atoms with Gasteiger partial charge in [0, 0.05) is 18.4 Å². The van der Waals surface area contributed by atoms with Gasteiger partial charge in [-0.2, -0.15) is 0 Å². The fraction of sp³-hybridized carbons (Fsp3) is 0.444. The van der Waals surface area contributed by atoms with Crippen LogP contribution in [0.3, 0.4) is 0 Å². The molecule has 0 aliphatic rings. The monoisotopic (exact) mass is 150 g/mol. The Morgan fingerprint density at radius 2 is 2.45 bits per heavy atom. The summed E-state index contributed by atoms with van der Waals surface area (Å²) >= 11 is 0. The largest absolute Gasteiger partial charge is 0.313 e. The predicted molar refractivity (Wildman–Crippen MR) is 46.3 cm³/mol. The molecule has 1 aromatic heterocycles. The van der Waals surface area contributed by atoms with Crippen LogP contribution >= 0.6 is 0 Å². The Bertz CT molecular complexity index is 192. The number of nitrogens with zero attached hydrogens (tertiary/aromatic N) is 1. The first-order valence-corrected chi connectivity index (χ1v) is 3.95. The van der Waals surface area contributed by atoms with Crippen LogP contribution in [0.15, 0.2) is 24.5 Å². The summed E-state index contributed by atoms with van der Waals surface area (Å²) in [7, 11) is 1.97. The Balaban J connectivity index is 2.74. The minimum Gasteiger partial charge on any atom is -0.313 e. The third-order valence-corrected chi connectivity index (χ3v) is 1.84. The molecule has 0 fully saturated rings. The number of hydrogen-bond donors (Lipinski definition) is 1. The third-order valence-electron chi connectivity index (χ3n) is 1.84. The summed E-state index contributed by atoms with van der Waals surface area (Å²) < 4.78 is 0. The van der Waals surface area contributed by atoms with Gasteiger partial charge in [0.25, 0.3) is 0 Å². The van der Waals surface area contributed by atoms with E-state index in [1.807, 2.05) is 19.3 Å². The van der Waals surface area contributed by atoms with Crippen LogP contribution in [0.5, 0.6) is 0 Å². The first-order chi connectivity index (χ1) is 5.38. The van der Waals surface area contributed by atoms with E-state index in [-0.39, 0.29) is 0 Å². The van der Waals surface area contributed by atoms with Gasteiger partial charge in [0.15, 0.2) is 0 Å². The van der Waals surface area contributed by atoms with Crippen molar-refractivity contribution in [3.63, 3.8) is 0 Å². The number of aromatic nitrogens is 1. The Labute approximate surface area is 67.7 Å². The average Bonchev–Trinajstić information content (AvgIpc) is 2.09. The molecule has 1 N–H and O–H groups in total. The first kappa shape index (κ1) is 8.21. The molecule has 2 heteroatoms. The summed E-state index contributed by atoms with van der Waals surface area (Å²) in [4.78, 5) is 4.06. The Kier molecular flexibility index (Phi) is 3.05. The summed E-state index contributed by atoms with van der Waals surface area (Å²) in [5.41, 5.74) is 1.26. The van der Waals surface area contributed by atoms with E-state index in [4.69, 9.17) is 0 Å². The maximum atomic E-state index is 4.06. The summed E-state index contributed by atoms with van der Waals surface area (Å²) in [6.45, 7) is 2.16. The lowest BCUT2D eigenvalue weighted by molar-refractivity contribution is 0.575. The quantitative estimate of drug-likeness (QED) is 0.710. The van der Waals surface area contributed by atoms with Crippen molar-refractivity contribution < 1.29 is 0 Å². The molecule has 0 amide bonds. The van der Waals surface area contributed by atoms with Gasteiger partial charge in [-0.1, -0.05) is 13.0 Å². The molecule has 2 nitrogen and oxygen atoms in total. The molecule has 0 spiro atoms. The molecule has 60 valence electrons. The molecule has 1 aromatic rings. The zero-order chi connectivity index (χ0) is 8.10. The minimum atomic E-state index is 0.448. The lowest BCUT2D eigenvalue weighted by Crippen LogP contribution is -2.15. The molecular weight excluding hydrogens is 136 g/mol. The van der Waals surface area contributed by atoms with Gasteiger partial charge in [-0.15, -0.1) is 0 Å². The summed E-state index contributed by atoms with van der Waals surface area (Å²) in [5, 5.41) is 3.23. The molecule has 1 rings (SSSR count). The Morgan fingerprint density at radius 3 is 2.91 bits per heavy atom. The van der Waals surface area contributed by atoms with Crippen molar-refractivity contribution in [2.75, 3.05) is 7.05 Å². The fourth-order valence-electron chi connectivity index (χ4n) is 1.19. The summed E-state index contributed by atoms with van der Waals surface area (Å²) in [6, 6.07) is 4.51. The number of pyridine rings is 1. The molecule has 0 bridgehead atoms. The van der Waals surface area contributed by atoms with Crippen LogP contribution in [0.4, 0.5) is 0 Å². The maximum Gasteiger partial charge on any atom is 0.0330 e. The van der Waals surface area contributed by atoms with Gasteiger partial charge >= 0.3 is 0 Å². The lowest BCUT2D eigenvalue weighted by atomic mass is 10.1. The normalized spacial score (nSPS) is 12.9. The summed E-state index contributed by atoms with van der Waals surface area (Å²) in [6.07, 6.45) is 4.80. The molecule has 1 heterocycles. The molecule has 0 saturated heterocycles. The van der Waals surface area contributed by atoms with Gasteiger partial charge in [0.05, 0.1) is 0 Å². The van der Waals surface area contributed by atoms with Gasteiger partial charge in [-0.25, -0.2) is 0 Å².